The minimum Gasteiger partial charge on any atom is -0.229 e. The summed E-state index contributed by atoms with van der Waals surface area (Å²) in [6.07, 6.45) is -3.56. The number of alkyl halides is 3. The van der Waals surface area contributed by atoms with Crippen LogP contribution in [0.2, 0.25) is 0 Å². The molecule has 1 aromatic rings. The highest BCUT2D eigenvalue weighted by Crippen LogP contribution is 2.35. The Labute approximate surface area is 133 Å². The van der Waals surface area contributed by atoms with Crippen LogP contribution in [0.4, 0.5) is 13.2 Å². The molecule has 10 heteroatoms. The van der Waals surface area contributed by atoms with Crippen molar-refractivity contribution >= 4 is 19.9 Å². The van der Waals surface area contributed by atoms with Gasteiger partial charge in [0, 0.05) is 19.3 Å². The quantitative estimate of drug-likeness (QED) is 0.814. The molecule has 1 fully saturated rings. The molecule has 1 heterocycles. The van der Waals surface area contributed by atoms with Crippen LogP contribution < -0.4 is 0 Å². The van der Waals surface area contributed by atoms with E-state index < -0.39 is 41.7 Å². The second-order valence-electron chi connectivity index (χ2n) is 5.43. The molecule has 1 aliphatic heterocycles. The summed E-state index contributed by atoms with van der Waals surface area (Å²) in [6.45, 7) is -0.238. The second-order valence-corrected chi connectivity index (χ2v) is 9.66. The molecule has 0 saturated carbocycles. The normalized spacial score (nSPS) is 19.0. The molecule has 0 N–H and O–H groups in total. The summed E-state index contributed by atoms with van der Waals surface area (Å²) in [5, 5.41) is -0.660. The number of nitrogens with zero attached hydrogens (tertiary/aromatic N) is 1. The molecule has 0 bridgehead atoms. The van der Waals surface area contributed by atoms with Gasteiger partial charge in [-0.15, -0.1) is 0 Å². The molecule has 1 aromatic carbocycles. The molecule has 130 valence electrons. The maximum atomic E-state index is 13.0. The van der Waals surface area contributed by atoms with Crippen LogP contribution in [0, 0.1) is 0 Å². The average Bonchev–Trinajstić information content (AvgIpc) is 2.45. The Morgan fingerprint density at radius 3 is 2.04 bits per heavy atom. The monoisotopic (exact) mass is 371 g/mol. The van der Waals surface area contributed by atoms with Crippen LogP contribution >= 0.6 is 0 Å². The number of halogens is 3. The van der Waals surface area contributed by atoms with E-state index in [1.54, 1.807) is 0 Å². The average molecular weight is 371 g/mol. The molecular weight excluding hydrogens is 355 g/mol. The van der Waals surface area contributed by atoms with E-state index in [0.29, 0.717) is 0 Å². The van der Waals surface area contributed by atoms with Gasteiger partial charge in [0.15, 0.2) is 0 Å². The Morgan fingerprint density at radius 2 is 1.57 bits per heavy atom. The first kappa shape index (κ1) is 18.2. The standard InChI is InChI=1S/C13H16F3NO4S2/c1-22(18,19)10-6-8-17(9-7-10)23(20,21)12-5-3-2-4-11(12)13(14,15)16/h2-5,10H,6-9H2,1H3. The number of rotatable bonds is 3. The van der Waals surface area contributed by atoms with Gasteiger partial charge in [-0.1, -0.05) is 12.1 Å². The third-order valence-electron chi connectivity index (χ3n) is 3.82. The van der Waals surface area contributed by atoms with Crippen molar-refractivity contribution in [2.45, 2.75) is 29.2 Å². The van der Waals surface area contributed by atoms with Crippen molar-refractivity contribution in [3.05, 3.63) is 29.8 Å². The number of hydrogen-bond donors (Lipinski definition) is 0. The molecule has 0 aliphatic carbocycles. The van der Waals surface area contributed by atoms with Crippen LogP contribution in [-0.2, 0) is 26.0 Å². The molecule has 0 aromatic heterocycles. The van der Waals surface area contributed by atoms with Crippen LogP contribution in [0.5, 0.6) is 0 Å². The summed E-state index contributed by atoms with van der Waals surface area (Å²) >= 11 is 0. The molecule has 2 rings (SSSR count). The van der Waals surface area contributed by atoms with E-state index >= 15 is 0 Å². The van der Waals surface area contributed by atoms with Gasteiger partial charge >= 0.3 is 6.18 Å². The Balaban J connectivity index is 2.32. The number of sulfone groups is 1. The van der Waals surface area contributed by atoms with Crippen molar-refractivity contribution in [3.8, 4) is 0 Å². The fraction of sp³-hybridized carbons (Fsp3) is 0.538. The van der Waals surface area contributed by atoms with Gasteiger partial charge in [0.2, 0.25) is 10.0 Å². The SMILES string of the molecule is CS(=O)(=O)C1CCN(S(=O)(=O)c2ccccc2C(F)(F)F)CC1. The molecule has 1 saturated heterocycles. The second kappa shape index (κ2) is 6.06. The van der Waals surface area contributed by atoms with Gasteiger partial charge in [0.05, 0.1) is 15.7 Å². The van der Waals surface area contributed by atoms with E-state index in [1.165, 1.54) is 6.07 Å². The molecule has 0 amide bonds. The third-order valence-corrected chi connectivity index (χ3v) is 7.46. The van der Waals surface area contributed by atoms with Gasteiger partial charge in [0.25, 0.3) is 0 Å². The van der Waals surface area contributed by atoms with E-state index in [1.807, 2.05) is 0 Å². The maximum absolute atomic E-state index is 13.0. The van der Waals surface area contributed by atoms with Crippen LogP contribution in [-0.4, -0.2) is 45.7 Å². The van der Waals surface area contributed by atoms with Gasteiger partial charge in [-0.05, 0) is 25.0 Å². The lowest BCUT2D eigenvalue weighted by atomic mass is 10.2. The molecule has 0 atom stereocenters. The van der Waals surface area contributed by atoms with E-state index in [9.17, 15) is 30.0 Å². The van der Waals surface area contributed by atoms with Crippen LogP contribution in [0.3, 0.4) is 0 Å². The molecule has 1 aliphatic rings. The summed E-state index contributed by atoms with van der Waals surface area (Å²) in [7, 11) is -7.62. The summed E-state index contributed by atoms with van der Waals surface area (Å²) in [5.74, 6) is 0. The summed E-state index contributed by atoms with van der Waals surface area (Å²) in [4.78, 5) is -0.801. The van der Waals surface area contributed by atoms with Crippen molar-refractivity contribution < 1.29 is 30.0 Å². The molecule has 5 nitrogen and oxygen atoms in total. The molecule has 0 radical (unpaired) electrons. The predicted octanol–water partition coefficient (Wildman–Crippen LogP) is 1.90. The molecule has 0 spiro atoms. The first-order valence-electron chi connectivity index (χ1n) is 6.79. The van der Waals surface area contributed by atoms with Crippen molar-refractivity contribution in [2.24, 2.45) is 0 Å². The lowest BCUT2D eigenvalue weighted by Crippen LogP contribution is -2.42. The summed E-state index contributed by atoms with van der Waals surface area (Å²) < 4.78 is 87.9. The summed E-state index contributed by atoms with van der Waals surface area (Å²) in [5.41, 5.74) is -1.22. The van der Waals surface area contributed by atoms with Gasteiger partial charge in [-0.25, -0.2) is 16.8 Å². The topological polar surface area (TPSA) is 71.5 Å². The maximum Gasteiger partial charge on any atom is 0.417 e. The van der Waals surface area contributed by atoms with Gasteiger partial charge in [-0.3, -0.25) is 0 Å². The highest BCUT2D eigenvalue weighted by Gasteiger charge is 2.40. The van der Waals surface area contributed by atoms with Crippen LogP contribution in [0.25, 0.3) is 0 Å². The predicted molar refractivity (Wildman–Crippen MR) is 78.1 cm³/mol. The van der Waals surface area contributed by atoms with Crippen molar-refractivity contribution in [2.75, 3.05) is 19.3 Å². The highest BCUT2D eigenvalue weighted by molar-refractivity contribution is 7.91. The minimum atomic E-state index is -4.78. The third kappa shape index (κ3) is 3.86. The number of hydrogen-bond acceptors (Lipinski definition) is 4. The van der Waals surface area contributed by atoms with Crippen molar-refractivity contribution in [3.63, 3.8) is 0 Å². The van der Waals surface area contributed by atoms with E-state index in [-0.39, 0.29) is 25.9 Å². The van der Waals surface area contributed by atoms with Crippen molar-refractivity contribution in [1.29, 1.82) is 0 Å². The largest absolute Gasteiger partial charge is 0.417 e. The smallest absolute Gasteiger partial charge is 0.229 e. The Hall–Kier alpha value is -1.13. The summed E-state index contributed by atoms with van der Waals surface area (Å²) in [6, 6.07) is 3.99. The zero-order valence-electron chi connectivity index (χ0n) is 12.2. The fourth-order valence-corrected chi connectivity index (χ4v) is 5.31. The first-order valence-corrected chi connectivity index (χ1v) is 10.2. The Morgan fingerprint density at radius 1 is 1.04 bits per heavy atom. The zero-order valence-corrected chi connectivity index (χ0v) is 13.9. The minimum absolute atomic E-state index is 0.0756. The molecular formula is C13H16F3NO4S2. The Kier molecular flexibility index (Phi) is 4.80. The first-order chi connectivity index (χ1) is 10.4. The van der Waals surface area contributed by atoms with Gasteiger partial charge in [-0.2, -0.15) is 17.5 Å². The fourth-order valence-electron chi connectivity index (χ4n) is 2.57. The number of piperidine rings is 1. The Bertz CT molecular complexity index is 780. The molecule has 0 unspecified atom stereocenters. The number of sulfonamides is 1. The molecule has 23 heavy (non-hydrogen) atoms. The van der Waals surface area contributed by atoms with Crippen LogP contribution in [0.15, 0.2) is 29.2 Å². The lowest BCUT2D eigenvalue weighted by molar-refractivity contribution is -0.139. The highest BCUT2D eigenvalue weighted by atomic mass is 32.2. The van der Waals surface area contributed by atoms with E-state index in [0.717, 1.165) is 28.8 Å². The number of benzene rings is 1. The van der Waals surface area contributed by atoms with Crippen molar-refractivity contribution in [1.82, 2.24) is 4.31 Å². The van der Waals surface area contributed by atoms with Gasteiger partial charge in [0.1, 0.15) is 9.84 Å². The lowest BCUT2D eigenvalue weighted by Gasteiger charge is -2.30. The van der Waals surface area contributed by atoms with Crippen LogP contribution in [0.1, 0.15) is 18.4 Å². The van der Waals surface area contributed by atoms with E-state index in [2.05, 4.69) is 0 Å². The van der Waals surface area contributed by atoms with Gasteiger partial charge < -0.3 is 0 Å². The van der Waals surface area contributed by atoms with E-state index in [4.69, 9.17) is 0 Å². The zero-order chi connectivity index (χ0) is 17.5.